The molecule has 4 heteroatoms. The van der Waals surface area contributed by atoms with E-state index < -0.39 is 0 Å². The van der Waals surface area contributed by atoms with Crippen molar-refractivity contribution < 1.29 is 0 Å². The van der Waals surface area contributed by atoms with Gasteiger partial charge in [0.2, 0.25) is 0 Å². The fourth-order valence-corrected chi connectivity index (χ4v) is 2.37. The lowest BCUT2D eigenvalue weighted by atomic mass is 10.1. The summed E-state index contributed by atoms with van der Waals surface area (Å²) < 4.78 is 3.15. The fraction of sp³-hybridized carbons (Fsp3) is 0.769. The second-order valence-corrected chi connectivity index (χ2v) is 6.40. The fourth-order valence-electron chi connectivity index (χ4n) is 1.83. The molecule has 0 radical (unpaired) electrons. The van der Waals surface area contributed by atoms with E-state index in [1.165, 1.54) is 23.0 Å². The Balaban J connectivity index is 2.32. The first-order chi connectivity index (χ1) is 7.81. The molecule has 1 N–H and O–H groups in total. The highest BCUT2D eigenvalue weighted by Crippen LogP contribution is 2.21. The molecule has 0 saturated heterocycles. The predicted molar refractivity (Wildman–Crippen MR) is 76.3 cm³/mol. The number of hydrogen-bond acceptors (Lipinski definition) is 2. The van der Waals surface area contributed by atoms with Gasteiger partial charge >= 0.3 is 0 Å². The van der Waals surface area contributed by atoms with Crippen LogP contribution in [-0.4, -0.2) is 21.9 Å². The van der Waals surface area contributed by atoms with Gasteiger partial charge in [0, 0.05) is 12.6 Å². The normalized spacial score (nSPS) is 12.1. The molecule has 0 spiro atoms. The molecule has 0 bridgehead atoms. The highest BCUT2D eigenvalue weighted by molar-refractivity contribution is 9.10. The molecular weight excluding hydrogens is 278 g/mol. The summed E-state index contributed by atoms with van der Waals surface area (Å²) in [5, 5.41) is 7.91. The van der Waals surface area contributed by atoms with Gasteiger partial charge in [0.05, 0.1) is 15.9 Å². The van der Waals surface area contributed by atoms with Gasteiger partial charge in [-0.1, -0.05) is 0 Å². The van der Waals surface area contributed by atoms with Crippen LogP contribution < -0.4 is 5.32 Å². The van der Waals surface area contributed by atoms with Crippen molar-refractivity contribution in [2.75, 3.05) is 6.54 Å². The highest BCUT2D eigenvalue weighted by Gasteiger charge is 2.10. The topological polar surface area (TPSA) is 29.9 Å². The lowest BCUT2D eigenvalue weighted by Gasteiger charge is -2.20. The Hall–Kier alpha value is -0.350. The summed E-state index contributed by atoms with van der Waals surface area (Å²) in [6.45, 7) is 9.73. The van der Waals surface area contributed by atoms with Crippen molar-refractivity contribution in [1.82, 2.24) is 15.1 Å². The van der Waals surface area contributed by atoms with E-state index in [1.54, 1.807) is 0 Å². The first kappa shape index (κ1) is 14.7. The zero-order valence-electron chi connectivity index (χ0n) is 11.6. The smallest absolute Gasteiger partial charge is 0.0738 e. The number of aryl methyl sites for hydroxylation is 2. The lowest BCUT2D eigenvalue weighted by molar-refractivity contribution is 0.418. The van der Waals surface area contributed by atoms with Crippen LogP contribution in [-0.2, 0) is 13.5 Å². The standard InChI is InChI=1S/C13H24BrN3/c1-10-12(14)11(17(5)16-10)8-6-7-9-15-13(2,3)4/h15H,6-9H2,1-5H3. The van der Waals surface area contributed by atoms with Gasteiger partial charge in [0.15, 0.2) is 0 Å². The van der Waals surface area contributed by atoms with Gasteiger partial charge < -0.3 is 5.32 Å². The molecule has 0 unspecified atom stereocenters. The van der Waals surface area contributed by atoms with Crippen LogP contribution in [0.15, 0.2) is 4.47 Å². The molecule has 0 atom stereocenters. The molecule has 1 heterocycles. The Morgan fingerprint density at radius 3 is 2.41 bits per heavy atom. The van der Waals surface area contributed by atoms with Crippen LogP contribution in [0.5, 0.6) is 0 Å². The summed E-state index contributed by atoms with van der Waals surface area (Å²) in [6.07, 6.45) is 3.48. The number of aromatic nitrogens is 2. The number of unbranched alkanes of at least 4 members (excludes halogenated alkanes) is 1. The summed E-state index contributed by atoms with van der Waals surface area (Å²) in [6, 6.07) is 0. The molecule has 1 aromatic rings. The zero-order chi connectivity index (χ0) is 13.1. The van der Waals surface area contributed by atoms with Gasteiger partial charge in [-0.05, 0) is 69.4 Å². The molecule has 0 aliphatic heterocycles. The van der Waals surface area contributed by atoms with E-state index >= 15 is 0 Å². The van der Waals surface area contributed by atoms with Crippen molar-refractivity contribution in [3.63, 3.8) is 0 Å². The van der Waals surface area contributed by atoms with Gasteiger partial charge in [-0.25, -0.2) is 0 Å². The monoisotopic (exact) mass is 301 g/mol. The minimum atomic E-state index is 0.226. The molecule has 98 valence electrons. The summed E-state index contributed by atoms with van der Waals surface area (Å²) in [4.78, 5) is 0. The van der Waals surface area contributed by atoms with Crippen LogP contribution in [0.25, 0.3) is 0 Å². The van der Waals surface area contributed by atoms with Crippen molar-refractivity contribution in [2.24, 2.45) is 7.05 Å². The largest absolute Gasteiger partial charge is 0.312 e. The molecule has 1 rings (SSSR count). The molecule has 0 amide bonds. The second kappa shape index (κ2) is 6.01. The Bertz CT molecular complexity index is 363. The quantitative estimate of drug-likeness (QED) is 0.847. The van der Waals surface area contributed by atoms with Crippen molar-refractivity contribution >= 4 is 15.9 Å². The van der Waals surface area contributed by atoms with E-state index in [2.05, 4.69) is 47.1 Å². The maximum absolute atomic E-state index is 4.40. The molecule has 1 aromatic heterocycles. The Morgan fingerprint density at radius 1 is 1.29 bits per heavy atom. The van der Waals surface area contributed by atoms with Crippen molar-refractivity contribution in [3.05, 3.63) is 15.9 Å². The number of halogens is 1. The minimum absolute atomic E-state index is 0.226. The first-order valence-corrected chi connectivity index (χ1v) is 7.03. The maximum Gasteiger partial charge on any atom is 0.0738 e. The second-order valence-electron chi connectivity index (χ2n) is 5.60. The highest BCUT2D eigenvalue weighted by atomic mass is 79.9. The molecule has 17 heavy (non-hydrogen) atoms. The average molecular weight is 302 g/mol. The number of hydrogen-bond donors (Lipinski definition) is 1. The molecular formula is C13H24BrN3. The van der Waals surface area contributed by atoms with E-state index in [0.717, 1.165) is 18.7 Å². The van der Waals surface area contributed by atoms with E-state index in [0.29, 0.717) is 0 Å². The first-order valence-electron chi connectivity index (χ1n) is 6.24. The van der Waals surface area contributed by atoms with Crippen LogP contribution in [0, 0.1) is 6.92 Å². The van der Waals surface area contributed by atoms with Crippen molar-refractivity contribution in [1.29, 1.82) is 0 Å². The Morgan fingerprint density at radius 2 is 1.94 bits per heavy atom. The van der Waals surface area contributed by atoms with Crippen LogP contribution >= 0.6 is 15.9 Å². The summed E-state index contributed by atoms with van der Waals surface area (Å²) >= 11 is 3.60. The predicted octanol–water partition coefficient (Wildman–Crippen LogP) is 3.20. The maximum atomic E-state index is 4.40. The zero-order valence-corrected chi connectivity index (χ0v) is 13.2. The minimum Gasteiger partial charge on any atom is -0.312 e. The van der Waals surface area contributed by atoms with Crippen LogP contribution in [0.4, 0.5) is 0 Å². The Kier molecular flexibility index (Phi) is 5.20. The Labute approximate surface area is 113 Å². The third kappa shape index (κ3) is 4.80. The van der Waals surface area contributed by atoms with Gasteiger partial charge in [0.1, 0.15) is 0 Å². The summed E-state index contributed by atoms with van der Waals surface area (Å²) in [5.41, 5.74) is 2.61. The third-order valence-corrected chi connectivity index (χ3v) is 3.79. The number of nitrogens with one attached hydrogen (secondary N) is 1. The number of rotatable bonds is 5. The lowest BCUT2D eigenvalue weighted by Crippen LogP contribution is -2.36. The molecule has 0 aliphatic carbocycles. The van der Waals surface area contributed by atoms with E-state index in [9.17, 15) is 0 Å². The van der Waals surface area contributed by atoms with E-state index in [1.807, 2.05) is 18.7 Å². The van der Waals surface area contributed by atoms with Crippen molar-refractivity contribution in [2.45, 2.75) is 52.5 Å². The van der Waals surface area contributed by atoms with Gasteiger partial charge in [-0.15, -0.1) is 0 Å². The van der Waals surface area contributed by atoms with Crippen LogP contribution in [0.2, 0.25) is 0 Å². The van der Waals surface area contributed by atoms with E-state index in [4.69, 9.17) is 0 Å². The molecule has 0 aliphatic rings. The van der Waals surface area contributed by atoms with Crippen LogP contribution in [0.1, 0.15) is 45.0 Å². The van der Waals surface area contributed by atoms with Gasteiger partial charge in [-0.2, -0.15) is 5.10 Å². The van der Waals surface area contributed by atoms with Crippen LogP contribution in [0.3, 0.4) is 0 Å². The number of nitrogens with zero attached hydrogens (tertiary/aromatic N) is 2. The van der Waals surface area contributed by atoms with Gasteiger partial charge in [0.25, 0.3) is 0 Å². The summed E-state index contributed by atoms with van der Waals surface area (Å²) in [5.74, 6) is 0. The summed E-state index contributed by atoms with van der Waals surface area (Å²) in [7, 11) is 2.01. The SMILES string of the molecule is Cc1nn(C)c(CCCCNC(C)(C)C)c1Br. The van der Waals surface area contributed by atoms with Crippen molar-refractivity contribution in [3.8, 4) is 0 Å². The average Bonchev–Trinajstić information content (AvgIpc) is 2.42. The van der Waals surface area contributed by atoms with Gasteiger partial charge in [-0.3, -0.25) is 4.68 Å². The molecule has 0 aromatic carbocycles. The molecule has 0 saturated carbocycles. The molecule has 3 nitrogen and oxygen atoms in total. The third-order valence-electron chi connectivity index (χ3n) is 2.76. The van der Waals surface area contributed by atoms with E-state index in [-0.39, 0.29) is 5.54 Å². The molecule has 0 fully saturated rings.